The molecule has 0 unspecified atom stereocenters. The number of hydrogen-bond donors (Lipinski definition) is 1. The van der Waals surface area contributed by atoms with Crippen LogP contribution in [0.25, 0.3) is 10.2 Å². The second kappa shape index (κ2) is 8.54. The van der Waals surface area contributed by atoms with Crippen LogP contribution in [0, 0.1) is 0 Å². The van der Waals surface area contributed by atoms with Crippen molar-refractivity contribution in [1.29, 1.82) is 0 Å². The van der Waals surface area contributed by atoms with Crippen LogP contribution >= 0.6 is 23.1 Å². The fourth-order valence-corrected chi connectivity index (χ4v) is 4.58. The zero-order chi connectivity index (χ0) is 19.3. The van der Waals surface area contributed by atoms with E-state index in [0.717, 1.165) is 27.7 Å². The summed E-state index contributed by atoms with van der Waals surface area (Å²) < 4.78 is 1.21. The van der Waals surface area contributed by atoms with E-state index < -0.39 is 0 Å². The SMILES string of the molecule is C[C@H](Sc1ccccn1)C(=O)Nc1ccc(Cc2nc3ccccc3s2)cc1. The fraction of sp³-hybridized carbons (Fsp3) is 0.136. The van der Waals surface area contributed by atoms with Crippen molar-refractivity contribution in [3.63, 3.8) is 0 Å². The van der Waals surface area contributed by atoms with Crippen LogP contribution in [0.5, 0.6) is 0 Å². The van der Waals surface area contributed by atoms with Gasteiger partial charge in [-0.25, -0.2) is 9.97 Å². The van der Waals surface area contributed by atoms with E-state index in [9.17, 15) is 4.79 Å². The van der Waals surface area contributed by atoms with Crippen molar-refractivity contribution in [2.24, 2.45) is 0 Å². The average Bonchev–Trinajstić information content (AvgIpc) is 3.12. The van der Waals surface area contributed by atoms with Gasteiger partial charge in [-0.05, 0) is 48.9 Å². The first-order valence-electron chi connectivity index (χ1n) is 8.99. The van der Waals surface area contributed by atoms with Gasteiger partial charge >= 0.3 is 0 Å². The van der Waals surface area contributed by atoms with E-state index in [4.69, 9.17) is 0 Å². The van der Waals surface area contributed by atoms with E-state index >= 15 is 0 Å². The second-order valence-electron chi connectivity index (χ2n) is 6.37. The first kappa shape index (κ1) is 18.7. The number of para-hydroxylation sites is 1. The largest absolute Gasteiger partial charge is 0.325 e. The maximum atomic E-state index is 12.4. The number of thioether (sulfide) groups is 1. The van der Waals surface area contributed by atoms with Crippen molar-refractivity contribution in [2.45, 2.75) is 23.6 Å². The van der Waals surface area contributed by atoms with Gasteiger partial charge < -0.3 is 5.32 Å². The minimum absolute atomic E-state index is 0.0328. The number of carbonyl (C=O) groups is 1. The van der Waals surface area contributed by atoms with E-state index in [1.54, 1.807) is 17.5 Å². The molecule has 4 nitrogen and oxygen atoms in total. The van der Waals surface area contributed by atoms with Crippen LogP contribution in [-0.2, 0) is 11.2 Å². The van der Waals surface area contributed by atoms with Crippen LogP contribution in [-0.4, -0.2) is 21.1 Å². The molecule has 1 atom stereocenters. The number of pyridine rings is 1. The number of fused-ring (bicyclic) bond motifs is 1. The van der Waals surface area contributed by atoms with E-state index in [0.29, 0.717) is 0 Å². The first-order chi connectivity index (χ1) is 13.7. The Kier molecular flexibility index (Phi) is 5.69. The lowest BCUT2D eigenvalue weighted by atomic mass is 10.1. The molecule has 0 bridgehead atoms. The van der Waals surface area contributed by atoms with E-state index in [1.807, 2.05) is 67.6 Å². The smallest absolute Gasteiger partial charge is 0.237 e. The average molecular weight is 406 g/mol. The molecule has 0 spiro atoms. The zero-order valence-electron chi connectivity index (χ0n) is 15.3. The number of rotatable bonds is 6. The Hall–Kier alpha value is -2.70. The molecule has 2 aromatic heterocycles. The Balaban J connectivity index is 1.36. The first-order valence-corrected chi connectivity index (χ1v) is 10.7. The Labute approximate surface area is 172 Å². The third-order valence-corrected chi connectivity index (χ3v) is 6.31. The van der Waals surface area contributed by atoms with E-state index in [-0.39, 0.29) is 11.2 Å². The lowest BCUT2D eigenvalue weighted by molar-refractivity contribution is -0.115. The predicted octanol–water partition coefficient (Wildman–Crippen LogP) is 5.40. The number of amides is 1. The summed E-state index contributed by atoms with van der Waals surface area (Å²) in [4.78, 5) is 21.4. The number of carbonyl (C=O) groups excluding carboxylic acids is 1. The van der Waals surface area contributed by atoms with Gasteiger partial charge in [0.05, 0.1) is 25.5 Å². The van der Waals surface area contributed by atoms with Gasteiger partial charge in [-0.1, -0.05) is 42.1 Å². The minimum atomic E-state index is -0.225. The van der Waals surface area contributed by atoms with Crippen LogP contribution in [0.4, 0.5) is 5.69 Å². The summed E-state index contributed by atoms with van der Waals surface area (Å²) in [6, 6.07) is 21.8. The highest BCUT2D eigenvalue weighted by atomic mass is 32.2. The van der Waals surface area contributed by atoms with Gasteiger partial charge in [-0.3, -0.25) is 4.79 Å². The number of aromatic nitrogens is 2. The van der Waals surface area contributed by atoms with Crippen LogP contribution in [0.3, 0.4) is 0 Å². The number of nitrogens with zero attached hydrogens (tertiary/aromatic N) is 2. The van der Waals surface area contributed by atoms with Crippen LogP contribution in [0.2, 0.25) is 0 Å². The number of nitrogens with one attached hydrogen (secondary N) is 1. The van der Waals surface area contributed by atoms with Crippen molar-refractivity contribution in [3.8, 4) is 0 Å². The quantitative estimate of drug-likeness (QED) is 0.436. The van der Waals surface area contributed by atoms with Gasteiger partial charge in [-0.15, -0.1) is 11.3 Å². The molecule has 0 saturated heterocycles. The third-order valence-electron chi connectivity index (χ3n) is 4.22. The molecule has 28 heavy (non-hydrogen) atoms. The van der Waals surface area contributed by atoms with Crippen molar-refractivity contribution in [1.82, 2.24) is 9.97 Å². The predicted molar refractivity (Wildman–Crippen MR) is 117 cm³/mol. The second-order valence-corrected chi connectivity index (χ2v) is 8.84. The summed E-state index contributed by atoms with van der Waals surface area (Å²) in [6.07, 6.45) is 2.52. The molecule has 0 aliphatic heterocycles. The monoisotopic (exact) mass is 405 g/mol. The van der Waals surface area contributed by atoms with Gasteiger partial charge in [0.25, 0.3) is 0 Å². The molecule has 0 radical (unpaired) electrons. The maximum absolute atomic E-state index is 12.4. The van der Waals surface area contributed by atoms with Gasteiger partial charge in [0.2, 0.25) is 5.91 Å². The fourth-order valence-electron chi connectivity index (χ4n) is 2.77. The van der Waals surface area contributed by atoms with E-state index in [1.165, 1.54) is 22.0 Å². The highest BCUT2D eigenvalue weighted by Crippen LogP contribution is 2.25. The molecular weight excluding hydrogens is 386 g/mol. The zero-order valence-corrected chi connectivity index (χ0v) is 17.0. The summed E-state index contributed by atoms with van der Waals surface area (Å²) in [5.74, 6) is -0.0328. The highest BCUT2D eigenvalue weighted by molar-refractivity contribution is 8.00. The molecule has 2 heterocycles. The standard InChI is InChI=1S/C22H19N3OS2/c1-15(27-20-8-4-5-13-23-20)22(26)24-17-11-9-16(10-12-17)14-21-25-18-6-2-3-7-19(18)28-21/h2-13,15H,14H2,1H3,(H,24,26)/t15-/m0/s1. The van der Waals surface area contributed by atoms with Crippen LogP contribution in [0.15, 0.2) is 78.0 Å². The van der Waals surface area contributed by atoms with Gasteiger partial charge in [0.15, 0.2) is 0 Å². The van der Waals surface area contributed by atoms with Crippen molar-refractivity contribution >= 4 is 44.9 Å². The topological polar surface area (TPSA) is 54.9 Å². The summed E-state index contributed by atoms with van der Waals surface area (Å²) >= 11 is 3.17. The minimum Gasteiger partial charge on any atom is -0.325 e. The van der Waals surface area contributed by atoms with Crippen LogP contribution in [0.1, 0.15) is 17.5 Å². The number of benzene rings is 2. The molecule has 2 aromatic carbocycles. The summed E-state index contributed by atoms with van der Waals surface area (Å²) in [6.45, 7) is 1.89. The molecule has 6 heteroatoms. The molecule has 0 aliphatic carbocycles. The van der Waals surface area contributed by atoms with Gasteiger partial charge in [-0.2, -0.15) is 0 Å². The van der Waals surface area contributed by atoms with Gasteiger partial charge in [0.1, 0.15) is 0 Å². The van der Waals surface area contributed by atoms with Crippen molar-refractivity contribution in [2.75, 3.05) is 5.32 Å². The number of hydrogen-bond acceptors (Lipinski definition) is 5. The van der Waals surface area contributed by atoms with Crippen LogP contribution < -0.4 is 5.32 Å². The normalized spacial score (nSPS) is 12.0. The lowest BCUT2D eigenvalue weighted by Gasteiger charge is -2.11. The highest BCUT2D eigenvalue weighted by Gasteiger charge is 2.15. The molecule has 0 fully saturated rings. The number of anilines is 1. The molecule has 140 valence electrons. The molecule has 4 aromatic rings. The van der Waals surface area contributed by atoms with E-state index in [2.05, 4.69) is 21.4 Å². The van der Waals surface area contributed by atoms with Crippen molar-refractivity contribution < 1.29 is 4.79 Å². The molecule has 1 amide bonds. The summed E-state index contributed by atoms with van der Waals surface area (Å²) in [7, 11) is 0. The lowest BCUT2D eigenvalue weighted by Crippen LogP contribution is -2.22. The number of thiazole rings is 1. The Morgan fingerprint density at radius 1 is 1.07 bits per heavy atom. The molecule has 1 N–H and O–H groups in total. The molecule has 0 aliphatic rings. The molecule has 4 rings (SSSR count). The summed E-state index contributed by atoms with van der Waals surface area (Å²) in [5, 5.41) is 4.69. The third kappa shape index (κ3) is 4.58. The Morgan fingerprint density at radius 2 is 1.86 bits per heavy atom. The molecular formula is C22H19N3OS2. The Bertz CT molecular complexity index is 1040. The van der Waals surface area contributed by atoms with Crippen molar-refractivity contribution in [3.05, 3.63) is 83.5 Å². The Morgan fingerprint density at radius 3 is 2.61 bits per heavy atom. The summed E-state index contributed by atoms with van der Waals surface area (Å²) in [5.41, 5.74) is 3.02. The maximum Gasteiger partial charge on any atom is 0.237 e. The van der Waals surface area contributed by atoms with Gasteiger partial charge in [0, 0.05) is 18.3 Å². The molecule has 0 saturated carbocycles.